The van der Waals surface area contributed by atoms with Crippen LogP contribution in [0.1, 0.15) is 5.56 Å². The van der Waals surface area contributed by atoms with Gasteiger partial charge in [0, 0.05) is 20.6 Å². The molecule has 3 nitrogen and oxygen atoms in total. The van der Waals surface area contributed by atoms with E-state index in [-0.39, 0.29) is 6.42 Å². The third-order valence-electron chi connectivity index (χ3n) is 2.21. The lowest BCUT2D eigenvalue weighted by Gasteiger charge is -2.19. The molecule has 0 radical (unpaired) electrons. The summed E-state index contributed by atoms with van der Waals surface area (Å²) < 4.78 is 35.2. The predicted molar refractivity (Wildman–Crippen MR) is 53.9 cm³/mol. The Labute approximate surface area is 92.6 Å². The molecule has 0 saturated heterocycles. The topological polar surface area (TPSA) is 38.7 Å². The van der Waals surface area contributed by atoms with Crippen LogP contribution in [-0.4, -0.2) is 31.7 Å². The van der Waals surface area contributed by atoms with Gasteiger partial charge in [-0.15, -0.1) is 0 Å². The lowest BCUT2D eigenvalue weighted by Crippen LogP contribution is -2.31. The Morgan fingerprint density at radius 2 is 1.81 bits per heavy atom. The van der Waals surface area contributed by atoms with Crippen LogP contribution < -0.4 is 0 Å². The molecular formula is C11H14F2O3. The molecule has 1 atom stereocenters. The highest BCUT2D eigenvalue weighted by molar-refractivity contribution is 5.18. The van der Waals surface area contributed by atoms with Gasteiger partial charge in [0.05, 0.1) is 0 Å². The number of rotatable bonds is 5. The number of ether oxygens (including phenoxy) is 2. The number of hydrogen-bond acceptors (Lipinski definition) is 3. The minimum Gasteiger partial charge on any atom is -0.387 e. The van der Waals surface area contributed by atoms with Gasteiger partial charge in [0.15, 0.2) is 17.9 Å². The van der Waals surface area contributed by atoms with Crippen LogP contribution in [0.4, 0.5) is 8.78 Å². The SMILES string of the molecule is COC(OC)C(O)Cc1ccc(F)c(F)c1. The van der Waals surface area contributed by atoms with Crippen molar-refractivity contribution in [2.45, 2.75) is 18.8 Å². The second-order valence-electron chi connectivity index (χ2n) is 3.36. The second kappa shape index (κ2) is 5.89. The smallest absolute Gasteiger partial charge is 0.183 e. The fourth-order valence-electron chi connectivity index (χ4n) is 1.41. The van der Waals surface area contributed by atoms with Gasteiger partial charge in [0.1, 0.15) is 6.10 Å². The Bertz CT molecular complexity index is 340. The van der Waals surface area contributed by atoms with Crippen LogP contribution in [0.3, 0.4) is 0 Å². The van der Waals surface area contributed by atoms with Crippen molar-refractivity contribution in [1.82, 2.24) is 0 Å². The van der Waals surface area contributed by atoms with Gasteiger partial charge in [-0.2, -0.15) is 0 Å². The van der Waals surface area contributed by atoms with Gasteiger partial charge in [-0.3, -0.25) is 0 Å². The van der Waals surface area contributed by atoms with E-state index >= 15 is 0 Å². The van der Waals surface area contributed by atoms with Gasteiger partial charge in [0.25, 0.3) is 0 Å². The quantitative estimate of drug-likeness (QED) is 0.782. The summed E-state index contributed by atoms with van der Waals surface area (Å²) in [5, 5.41) is 9.66. The summed E-state index contributed by atoms with van der Waals surface area (Å²) >= 11 is 0. The minimum absolute atomic E-state index is 0.129. The molecule has 0 aromatic heterocycles. The molecule has 1 aromatic carbocycles. The second-order valence-corrected chi connectivity index (χ2v) is 3.36. The minimum atomic E-state index is -0.934. The molecule has 0 aliphatic heterocycles. The molecule has 16 heavy (non-hydrogen) atoms. The Kier molecular flexibility index (Phi) is 4.79. The third-order valence-corrected chi connectivity index (χ3v) is 2.21. The lowest BCUT2D eigenvalue weighted by atomic mass is 10.1. The van der Waals surface area contributed by atoms with Crippen molar-refractivity contribution in [3.63, 3.8) is 0 Å². The molecule has 90 valence electrons. The van der Waals surface area contributed by atoms with Crippen LogP contribution in [-0.2, 0) is 15.9 Å². The van der Waals surface area contributed by atoms with E-state index in [1.807, 2.05) is 0 Å². The van der Waals surface area contributed by atoms with E-state index in [1.54, 1.807) is 0 Å². The van der Waals surface area contributed by atoms with E-state index in [4.69, 9.17) is 9.47 Å². The van der Waals surface area contributed by atoms with E-state index in [0.29, 0.717) is 5.56 Å². The van der Waals surface area contributed by atoms with Gasteiger partial charge >= 0.3 is 0 Å². The molecule has 0 amide bonds. The monoisotopic (exact) mass is 232 g/mol. The highest BCUT2D eigenvalue weighted by atomic mass is 19.2. The van der Waals surface area contributed by atoms with Crippen LogP contribution >= 0.6 is 0 Å². The molecule has 0 aliphatic rings. The maximum absolute atomic E-state index is 12.9. The summed E-state index contributed by atoms with van der Waals surface area (Å²) in [4.78, 5) is 0. The molecule has 0 saturated carbocycles. The first-order valence-corrected chi connectivity index (χ1v) is 4.76. The summed E-state index contributed by atoms with van der Waals surface area (Å²) in [5.41, 5.74) is 0.477. The van der Waals surface area contributed by atoms with Crippen molar-refractivity contribution < 1.29 is 23.4 Å². The van der Waals surface area contributed by atoms with Gasteiger partial charge in [0.2, 0.25) is 0 Å². The fourth-order valence-corrected chi connectivity index (χ4v) is 1.41. The van der Waals surface area contributed by atoms with Gasteiger partial charge in [-0.1, -0.05) is 6.07 Å². The van der Waals surface area contributed by atoms with E-state index in [9.17, 15) is 13.9 Å². The number of halogens is 2. The zero-order valence-electron chi connectivity index (χ0n) is 9.11. The first-order chi connectivity index (χ1) is 7.58. The zero-order chi connectivity index (χ0) is 12.1. The van der Waals surface area contributed by atoms with Gasteiger partial charge in [-0.25, -0.2) is 8.78 Å². The number of methoxy groups -OCH3 is 2. The molecule has 0 aliphatic carbocycles. The molecular weight excluding hydrogens is 218 g/mol. The summed E-state index contributed by atoms with van der Waals surface area (Å²) in [6.45, 7) is 0. The molecule has 5 heteroatoms. The van der Waals surface area contributed by atoms with E-state index < -0.39 is 24.0 Å². The first kappa shape index (κ1) is 13.0. The standard InChI is InChI=1S/C11H14F2O3/c1-15-11(16-2)10(14)6-7-3-4-8(12)9(13)5-7/h3-5,10-11,14H,6H2,1-2H3. The number of hydrogen-bond donors (Lipinski definition) is 1. The molecule has 1 rings (SSSR count). The molecule has 0 spiro atoms. The normalized spacial score (nSPS) is 13.1. The Hall–Kier alpha value is -1.04. The van der Waals surface area contributed by atoms with Crippen molar-refractivity contribution in [3.8, 4) is 0 Å². The summed E-state index contributed by atoms with van der Waals surface area (Å²) in [6.07, 6.45) is -1.59. The lowest BCUT2D eigenvalue weighted by molar-refractivity contribution is -0.163. The first-order valence-electron chi connectivity index (χ1n) is 4.76. The van der Waals surface area contributed by atoms with Crippen LogP contribution in [0.25, 0.3) is 0 Å². The summed E-state index contributed by atoms with van der Waals surface area (Å²) in [5.74, 6) is -1.84. The van der Waals surface area contributed by atoms with Crippen molar-refractivity contribution in [3.05, 3.63) is 35.4 Å². The molecule has 0 heterocycles. The van der Waals surface area contributed by atoms with E-state index in [0.717, 1.165) is 12.1 Å². The fraction of sp³-hybridized carbons (Fsp3) is 0.455. The maximum Gasteiger partial charge on any atom is 0.183 e. The van der Waals surface area contributed by atoms with Crippen LogP contribution in [0.2, 0.25) is 0 Å². The molecule has 1 aromatic rings. The van der Waals surface area contributed by atoms with E-state index in [1.165, 1.54) is 20.3 Å². The Morgan fingerprint density at radius 3 is 2.31 bits per heavy atom. The largest absolute Gasteiger partial charge is 0.387 e. The number of aliphatic hydroxyl groups is 1. The third kappa shape index (κ3) is 3.23. The van der Waals surface area contributed by atoms with Crippen LogP contribution in [0, 0.1) is 11.6 Å². The van der Waals surface area contributed by atoms with Crippen molar-refractivity contribution in [1.29, 1.82) is 0 Å². The number of aliphatic hydroxyl groups excluding tert-OH is 1. The summed E-state index contributed by atoms with van der Waals surface area (Å²) in [7, 11) is 2.78. The molecule has 0 fully saturated rings. The van der Waals surface area contributed by atoms with Crippen molar-refractivity contribution >= 4 is 0 Å². The average Bonchev–Trinajstić information content (AvgIpc) is 2.25. The molecule has 1 N–H and O–H groups in total. The number of benzene rings is 1. The summed E-state index contributed by atoms with van der Waals surface area (Å²) in [6, 6.07) is 3.47. The predicted octanol–water partition coefficient (Wildman–Crippen LogP) is 1.49. The zero-order valence-corrected chi connectivity index (χ0v) is 9.11. The maximum atomic E-state index is 12.9. The highest BCUT2D eigenvalue weighted by Crippen LogP contribution is 2.12. The molecule has 0 bridgehead atoms. The van der Waals surface area contributed by atoms with Gasteiger partial charge in [-0.05, 0) is 17.7 Å². The molecule has 1 unspecified atom stereocenters. The van der Waals surface area contributed by atoms with Gasteiger partial charge < -0.3 is 14.6 Å². The Balaban J connectivity index is 2.69. The van der Waals surface area contributed by atoms with Crippen molar-refractivity contribution in [2.24, 2.45) is 0 Å². The average molecular weight is 232 g/mol. The van der Waals surface area contributed by atoms with Crippen molar-refractivity contribution in [2.75, 3.05) is 14.2 Å². The van der Waals surface area contributed by atoms with Crippen LogP contribution in [0.5, 0.6) is 0 Å². The Morgan fingerprint density at radius 1 is 1.19 bits per heavy atom. The highest BCUT2D eigenvalue weighted by Gasteiger charge is 2.18. The van der Waals surface area contributed by atoms with Crippen LogP contribution in [0.15, 0.2) is 18.2 Å². The van der Waals surface area contributed by atoms with E-state index in [2.05, 4.69) is 0 Å².